The van der Waals surface area contributed by atoms with Crippen LogP contribution in [0.2, 0.25) is 0 Å². The SMILES string of the molecule is C[C@H]1CCc2c(sc3ncnc(NC[C@H](C)O)c23)C1. The molecule has 0 aliphatic heterocycles. The number of nitrogens with one attached hydrogen (secondary N) is 1. The molecule has 0 aromatic carbocycles. The van der Waals surface area contributed by atoms with Gasteiger partial charge in [0.15, 0.2) is 0 Å². The Morgan fingerprint density at radius 2 is 2.37 bits per heavy atom. The van der Waals surface area contributed by atoms with Gasteiger partial charge in [-0.3, -0.25) is 0 Å². The second-order valence-electron chi connectivity index (χ2n) is 5.48. The van der Waals surface area contributed by atoms with Gasteiger partial charge in [-0.2, -0.15) is 0 Å². The Hall–Kier alpha value is -1.20. The van der Waals surface area contributed by atoms with Crippen molar-refractivity contribution in [3.63, 3.8) is 0 Å². The lowest BCUT2D eigenvalue weighted by atomic mass is 9.89. The molecule has 2 aromatic rings. The second-order valence-corrected chi connectivity index (χ2v) is 6.57. The molecule has 1 aliphatic carbocycles. The average Bonchev–Trinajstić information content (AvgIpc) is 2.73. The summed E-state index contributed by atoms with van der Waals surface area (Å²) in [7, 11) is 0. The van der Waals surface area contributed by atoms with Crippen LogP contribution in [0.1, 0.15) is 30.7 Å². The van der Waals surface area contributed by atoms with E-state index >= 15 is 0 Å². The zero-order valence-electron chi connectivity index (χ0n) is 11.3. The number of nitrogens with zero attached hydrogens (tertiary/aromatic N) is 2. The van der Waals surface area contributed by atoms with Gasteiger partial charge in [-0.15, -0.1) is 11.3 Å². The number of aryl methyl sites for hydroxylation is 1. The Morgan fingerprint density at radius 1 is 1.53 bits per heavy atom. The summed E-state index contributed by atoms with van der Waals surface area (Å²) in [5.74, 6) is 1.64. The van der Waals surface area contributed by atoms with E-state index in [0.29, 0.717) is 6.54 Å². The maximum absolute atomic E-state index is 9.41. The molecule has 19 heavy (non-hydrogen) atoms. The molecule has 3 rings (SSSR count). The molecule has 2 N–H and O–H groups in total. The van der Waals surface area contributed by atoms with Crippen LogP contribution in [0, 0.1) is 5.92 Å². The summed E-state index contributed by atoms with van der Waals surface area (Å²) in [4.78, 5) is 11.3. The van der Waals surface area contributed by atoms with E-state index in [-0.39, 0.29) is 6.10 Å². The summed E-state index contributed by atoms with van der Waals surface area (Å²) >= 11 is 1.80. The molecule has 0 fully saturated rings. The average molecular weight is 277 g/mol. The van der Waals surface area contributed by atoms with Gasteiger partial charge in [0, 0.05) is 11.4 Å². The van der Waals surface area contributed by atoms with E-state index in [1.54, 1.807) is 24.6 Å². The highest BCUT2D eigenvalue weighted by Crippen LogP contribution is 2.39. The zero-order valence-corrected chi connectivity index (χ0v) is 12.1. The monoisotopic (exact) mass is 277 g/mol. The number of anilines is 1. The fourth-order valence-corrected chi connectivity index (χ4v) is 4.00. The Bertz CT molecular complexity index is 594. The molecule has 2 heterocycles. The predicted octanol–water partition coefficient (Wildman–Crippen LogP) is 2.61. The zero-order chi connectivity index (χ0) is 13.4. The molecule has 2 atom stereocenters. The van der Waals surface area contributed by atoms with Crippen LogP contribution in [0.4, 0.5) is 5.82 Å². The number of thiophene rings is 1. The molecule has 5 heteroatoms. The summed E-state index contributed by atoms with van der Waals surface area (Å²) < 4.78 is 0. The van der Waals surface area contributed by atoms with Crippen LogP contribution in [0.5, 0.6) is 0 Å². The maximum Gasteiger partial charge on any atom is 0.138 e. The fraction of sp³-hybridized carbons (Fsp3) is 0.571. The highest BCUT2D eigenvalue weighted by atomic mass is 32.1. The number of rotatable bonds is 3. The lowest BCUT2D eigenvalue weighted by molar-refractivity contribution is 0.208. The van der Waals surface area contributed by atoms with Crippen LogP contribution in [0.15, 0.2) is 6.33 Å². The van der Waals surface area contributed by atoms with E-state index in [1.165, 1.54) is 22.2 Å². The van der Waals surface area contributed by atoms with E-state index in [0.717, 1.165) is 29.4 Å². The standard InChI is InChI=1S/C14H19N3OS/c1-8-3-4-10-11(5-8)19-14-12(10)13(16-7-17-14)15-6-9(2)18/h7-9,18H,3-6H2,1-2H3,(H,15,16,17)/t8-,9-/m0/s1. The van der Waals surface area contributed by atoms with Gasteiger partial charge in [-0.1, -0.05) is 6.92 Å². The van der Waals surface area contributed by atoms with Crippen LogP contribution in [0.25, 0.3) is 10.2 Å². The third-order valence-electron chi connectivity index (χ3n) is 3.66. The highest BCUT2D eigenvalue weighted by molar-refractivity contribution is 7.19. The minimum Gasteiger partial charge on any atom is -0.392 e. The quantitative estimate of drug-likeness (QED) is 0.905. The summed E-state index contributed by atoms with van der Waals surface area (Å²) in [6, 6.07) is 0. The topological polar surface area (TPSA) is 58.0 Å². The van der Waals surface area contributed by atoms with Gasteiger partial charge in [0.05, 0.1) is 11.5 Å². The van der Waals surface area contributed by atoms with Crippen LogP contribution >= 0.6 is 11.3 Å². The van der Waals surface area contributed by atoms with Crippen molar-refractivity contribution in [3.8, 4) is 0 Å². The predicted molar refractivity (Wildman–Crippen MR) is 78.8 cm³/mol. The molecular formula is C14H19N3OS. The van der Waals surface area contributed by atoms with Gasteiger partial charge in [0.2, 0.25) is 0 Å². The molecule has 0 spiro atoms. The van der Waals surface area contributed by atoms with Gasteiger partial charge in [-0.05, 0) is 37.7 Å². The van der Waals surface area contributed by atoms with Crippen molar-refractivity contribution >= 4 is 27.4 Å². The molecule has 2 aromatic heterocycles. The van der Waals surface area contributed by atoms with Gasteiger partial charge < -0.3 is 10.4 Å². The number of aliphatic hydroxyl groups is 1. The molecule has 0 radical (unpaired) electrons. The highest BCUT2D eigenvalue weighted by Gasteiger charge is 2.22. The summed E-state index contributed by atoms with van der Waals surface area (Å²) in [6.45, 7) is 4.61. The number of fused-ring (bicyclic) bond motifs is 3. The van der Waals surface area contributed by atoms with E-state index in [4.69, 9.17) is 0 Å². The second kappa shape index (κ2) is 5.06. The minimum absolute atomic E-state index is 0.375. The van der Waals surface area contributed by atoms with Crippen LogP contribution in [0.3, 0.4) is 0 Å². The van der Waals surface area contributed by atoms with Crippen LogP contribution < -0.4 is 5.32 Å². The Kier molecular flexibility index (Phi) is 3.41. The normalized spacial score (nSPS) is 20.3. The van der Waals surface area contributed by atoms with Gasteiger partial charge in [-0.25, -0.2) is 9.97 Å². The Morgan fingerprint density at radius 3 is 3.16 bits per heavy atom. The smallest absolute Gasteiger partial charge is 0.138 e. The lowest BCUT2D eigenvalue weighted by Gasteiger charge is -2.18. The van der Waals surface area contributed by atoms with Gasteiger partial charge in [0.1, 0.15) is 17.0 Å². The first-order valence-corrected chi connectivity index (χ1v) is 7.64. The summed E-state index contributed by atoms with van der Waals surface area (Å²) in [6.07, 6.45) is 4.75. The number of hydrogen-bond acceptors (Lipinski definition) is 5. The molecule has 0 amide bonds. The summed E-state index contributed by atoms with van der Waals surface area (Å²) in [5.41, 5.74) is 1.42. The van der Waals surface area contributed by atoms with Crippen molar-refractivity contribution in [1.82, 2.24) is 9.97 Å². The van der Waals surface area contributed by atoms with E-state index in [1.807, 2.05) is 0 Å². The number of aliphatic hydroxyl groups excluding tert-OH is 1. The number of hydrogen-bond donors (Lipinski definition) is 2. The van der Waals surface area contributed by atoms with Crippen molar-refractivity contribution in [1.29, 1.82) is 0 Å². The summed E-state index contributed by atoms with van der Waals surface area (Å²) in [5, 5.41) is 13.8. The third kappa shape index (κ3) is 2.44. The molecule has 0 unspecified atom stereocenters. The van der Waals surface area contributed by atoms with Gasteiger partial charge >= 0.3 is 0 Å². The first-order chi connectivity index (χ1) is 9.15. The molecule has 0 saturated carbocycles. The van der Waals surface area contributed by atoms with Crippen LogP contribution in [-0.4, -0.2) is 27.7 Å². The van der Waals surface area contributed by atoms with Crippen molar-refractivity contribution in [2.24, 2.45) is 5.92 Å². The molecule has 0 saturated heterocycles. The molecular weight excluding hydrogens is 258 g/mol. The van der Waals surface area contributed by atoms with Gasteiger partial charge in [0.25, 0.3) is 0 Å². The van der Waals surface area contributed by atoms with E-state index in [2.05, 4.69) is 22.2 Å². The maximum atomic E-state index is 9.41. The number of aromatic nitrogens is 2. The molecule has 4 nitrogen and oxygen atoms in total. The van der Waals surface area contributed by atoms with E-state index < -0.39 is 0 Å². The Balaban J connectivity index is 2.03. The fourth-order valence-electron chi connectivity index (χ4n) is 2.65. The first-order valence-electron chi connectivity index (χ1n) is 6.82. The third-order valence-corrected chi connectivity index (χ3v) is 4.82. The van der Waals surface area contributed by atoms with Crippen molar-refractivity contribution in [2.45, 2.75) is 39.2 Å². The van der Waals surface area contributed by atoms with Crippen LogP contribution in [-0.2, 0) is 12.8 Å². The van der Waals surface area contributed by atoms with Crippen molar-refractivity contribution in [3.05, 3.63) is 16.8 Å². The minimum atomic E-state index is -0.375. The largest absolute Gasteiger partial charge is 0.392 e. The van der Waals surface area contributed by atoms with E-state index in [9.17, 15) is 5.11 Å². The van der Waals surface area contributed by atoms with Crippen molar-refractivity contribution in [2.75, 3.05) is 11.9 Å². The molecule has 1 aliphatic rings. The lowest BCUT2D eigenvalue weighted by Crippen LogP contribution is -2.16. The molecule has 102 valence electrons. The first kappa shape index (κ1) is 12.8. The molecule has 0 bridgehead atoms. The Labute approximate surface area is 116 Å². The van der Waals surface area contributed by atoms with Crippen molar-refractivity contribution < 1.29 is 5.11 Å².